The quantitative estimate of drug-likeness (QED) is 0.206. The third-order valence-corrected chi connectivity index (χ3v) is 16.9. The molecule has 288 valence electrons. The van der Waals surface area contributed by atoms with Crippen molar-refractivity contribution in [2.75, 3.05) is 13.2 Å². The standard InChI is InChI=1S/C43H65N3O6/c1-27(26-51-37(49)45-23-7-8-28-16-24-44-25-17-28)30-13-20-43(36(47)48)22-21-41(5)31(35(30)43)11-12-33-40(4)18-15-34(52-38(50)46-29-9-10-29)39(2,3)32(40)14-19-42(33,41)6/h16-17,24-25,27,29-35H,7-15,18-23,26H2,1-6H3,(H,45,49)(H,46,50)(H,47,48)/t27?,30?,31?,32?,33?,34-,35?,40+,41-,42-,43+/m1/s1. The number of pyridine rings is 1. The Bertz CT molecular complexity index is 1500. The number of nitrogens with zero attached hydrogens (tertiary/aromatic N) is 1. The number of aryl methyl sites for hydroxylation is 1. The molecule has 9 nitrogen and oxygen atoms in total. The molecule has 6 fully saturated rings. The van der Waals surface area contributed by atoms with Crippen molar-refractivity contribution in [2.24, 2.45) is 62.6 Å². The Morgan fingerprint density at radius 3 is 2.33 bits per heavy atom. The van der Waals surface area contributed by atoms with Gasteiger partial charge < -0.3 is 25.2 Å². The Hall–Kier alpha value is -2.84. The van der Waals surface area contributed by atoms with Gasteiger partial charge in [-0.05, 0) is 159 Å². The van der Waals surface area contributed by atoms with E-state index in [2.05, 4.69) is 57.2 Å². The lowest BCUT2D eigenvalue weighted by atomic mass is 9.32. The second-order valence-corrected chi connectivity index (χ2v) is 19.5. The molecule has 0 radical (unpaired) electrons. The van der Waals surface area contributed by atoms with Crippen molar-refractivity contribution in [1.29, 1.82) is 0 Å². The summed E-state index contributed by atoms with van der Waals surface area (Å²) in [7, 11) is 0. The summed E-state index contributed by atoms with van der Waals surface area (Å²) in [6.45, 7) is 15.4. The highest BCUT2D eigenvalue weighted by Crippen LogP contribution is 2.77. The van der Waals surface area contributed by atoms with Gasteiger partial charge in [0, 0.05) is 30.4 Å². The molecule has 1 aromatic rings. The van der Waals surface area contributed by atoms with E-state index in [4.69, 9.17) is 9.47 Å². The number of aromatic nitrogens is 1. The normalized spacial score (nSPS) is 40.9. The second kappa shape index (κ2) is 13.8. The molecule has 3 N–H and O–H groups in total. The van der Waals surface area contributed by atoms with Crippen molar-refractivity contribution < 1.29 is 29.0 Å². The van der Waals surface area contributed by atoms with E-state index in [1.807, 2.05) is 12.1 Å². The van der Waals surface area contributed by atoms with E-state index in [0.717, 1.165) is 89.9 Å². The predicted molar refractivity (Wildman–Crippen MR) is 199 cm³/mol. The van der Waals surface area contributed by atoms with Gasteiger partial charge in [-0.3, -0.25) is 9.78 Å². The highest BCUT2D eigenvalue weighted by molar-refractivity contribution is 5.76. The zero-order valence-corrected chi connectivity index (χ0v) is 32.7. The zero-order chi connectivity index (χ0) is 37.1. The van der Waals surface area contributed by atoms with E-state index in [1.165, 1.54) is 5.56 Å². The van der Waals surface area contributed by atoms with Crippen LogP contribution in [0.4, 0.5) is 9.59 Å². The van der Waals surface area contributed by atoms with Crippen LogP contribution in [-0.2, 0) is 20.7 Å². The summed E-state index contributed by atoms with van der Waals surface area (Å²) in [5.41, 5.74) is 0.659. The van der Waals surface area contributed by atoms with Gasteiger partial charge in [0.1, 0.15) is 6.10 Å². The largest absolute Gasteiger partial charge is 0.481 e. The minimum absolute atomic E-state index is 0.0323. The Morgan fingerprint density at radius 2 is 1.62 bits per heavy atom. The van der Waals surface area contributed by atoms with Crippen LogP contribution in [0, 0.1) is 62.6 Å². The topological polar surface area (TPSA) is 127 Å². The molecule has 6 saturated carbocycles. The van der Waals surface area contributed by atoms with Crippen LogP contribution >= 0.6 is 0 Å². The Morgan fingerprint density at radius 1 is 0.865 bits per heavy atom. The lowest BCUT2D eigenvalue weighted by Crippen LogP contribution is -2.67. The number of carboxylic acids is 1. The van der Waals surface area contributed by atoms with Crippen LogP contribution in [0.2, 0.25) is 0 Å². The molecule has 11 atom stereocenters. The number of aliphatic carboxylic acids is 1. The van der Waals surface area contributed by atoms with E-state index in [9.17, 15) is 19.5 Å². The number of fused-ring (bicyclic) bond motifs is 7. The van der Waals surface area contributed by atoms with Crippen LogP contribution in [-0.4, -0.2) is 53.5 Å². The third kappa shape index (κ3) is 6.21. The fraction of sp³-hybridized carbons (Fsp3) is 0.814. The minimum Gasteiger partial charge on any atom is -0.481 e. The maximum Gasteiger partial charge on any atom is 0.407 e. The molecule has 52 heavy (non-hydrogen) atoms. The predicted octanol–water partition coefficient (Wildman–Crippen LogP) is 8.80. The molecule has 1 heterocycles. The van der Waals surface area contributed by atoms with Gasteiger partial charge in [-0.25, -0.2) is 9.59 Å². The molecular weight excluding hydrogens is 654 g/mol. The zero-order valence-electron chi connectivity index (χ0n) is 32.7. The average molecular weight is 720 g/mol. The van der Waals surface area contributed by atoms with Crippen molar-refractivity contribution in [3.05, 3.63) is 30.1 Å². The number of nitrogens with one attached hydrogen (secondary N) is 2. The number of carbonyl (C=O) groups excluding carboxylic acids is 2. The molecule has 1 aromatic heterocycles. The van der Waals surface area contributed by atoms with Gasteiger partial charge in [0.15, 0.2) is 0 Å². The molecule has 0 spiro atoms. The van der Waals surface area contributed by atoms with Crippen LogP contribution in [0.1, 0.15) is 131 Å². The Balaban J connectivity index is 1.04. The number of hydrogen-bond donors (Lipinski definition) is 3. The van der Waals surface area contributed by atoms with E-state index in [-0.39, 0.29) is 57.7 Å². The lowest BCUT2D eigenvalue weighted by Gasteiger charge is -2.72. The number of amides is 2. The van der Waals surface area contributed by atoms with Crippen LogP contribution in [0.3, 0.4) is 0 Å². The highest BCUT2D eigenvalue weighted by Gasteiger charge is 2.72. The van der Waals surface area contributed by atoms with Gasteiger partial charge in [0.25, 0.3) is 0 Å². The first-order chi connectivity index (χ1) is 24.7. The lowest BCUT2D eigenvalue weighted by molar-refractivity contribution is -0.249. The first-order valence-corrected chi connectivity index (χ1v) is 20.7. The summed E-state index contributed by atoms with van der Waals surface area (Å²) in [5, 5.41) is 16.9. The summed E-state index contributed by atoms with van der Waals surface area (Å²) >= 11 is 0. The number of carboxylic acid groups (broad SMARTS) is 1. The van der Waals surface area contributed by atoms with Crippen molar-refractivity contribution in [1.82, 2.24) is 15.6 Å². The first-order valence-electron chi connectivity index (χ1n) is 20.7. The van der Waals surface area contributed by atoms with Crippen LogP contribution in [0.5, 0.6) is 0 Å². The van der Waals surface area contributed by atoms with Gasteiger partial charge in [-0.2, -0.15) is 0 Å². The molecule has 0 saturated heterocycles. The van der Waals surface area contributed by atoms with E-state index >= 15 is 0 Å². The number of alkyl carbamates (subject to hydrolysis) is 2. The van der Waals surface area contributed by atoms with Crippen molar-refractivity contribution in [3.8, 4) is 0 Å². The fourth-order valence-electron chi connectivity index (χ4n) is 13.8. The van der Waals surface area contributed by atoms with Gasteiger partial charge >= 0.3 is 18.2 Å². The third-order valence-electron chi connectivity index (χ3n) is 16.9. The summed E-state index contributed by atoms with van der Waals surface area (Å²) in [6.07, 6.45) is 16.3. The van der Waals surface area contributed by atoms with Gasteiger partial charge in [-0.1, -0.05) is 41.5 Å². The van der Waals surface area contributed by atoms with Crippen LogP contribution in [0.15, 0.2) is 24.5 Å². The number of carbonyl (C=O) groups is 3. The number of hydrogen-bond acceptors (Lipinski definition) is 6. The van der Waals surface area contributed by atoms with Gasteiger partial charge in [-0.15, -0.1) is 0 Å². The molecular formula is C43H65N3O6. The van der Waals surface area contributed by atoms with E-state index in [0.29, 0.717) is 36.9 Å². The minimum atomic E-state index is -0.693. The highest BCUT2D eigenvalue weighted by atomic mass is 16.6. The number of rotatable bonds is 10. The fourth-order valence-corrected chi connectivity index (χ4v) is 13.8. The SMILES string of the molecule is CC(COC(=O)NCCCc1ccncc1)C1CC[C@]2(C(=O)O)CC[C@]3(C)C(CCC4[C@@]5(C)CC[C@@H](OC(=O)NC6CC6)C(C)(C)C5CC[C@]43C)C12. The molecule has 7 rings (SSSR count). The van der Waals surface area contributed by atoms with Gasteiger partial charge in [0.2, 0.25) is 0 Å². The van der Waals surface area contributed by atoms with Crippen molar-refractivity contribution >= 4 is 18.2 Å². The maximum absolute atomic E-state index is 13.3. The number of ether oxygens (including phenoxy) is 2. The Kier molecular flexibility index (Phi) is 9.93. The monoisotopic (exact) mass is 719 g/mol. The first kappa shape index (κ1) is 37.5. The van der Waals surface area contributed by atoms with Crippen molar-refractivity contribution in [3.63, 3.8) is 0 Å². The molecule has 6 aliphatic rings. The molecule has 0 aliphatic heterocycles. The maximum atomic E-state index is 13.3. The van der Waals surface area contributed by atoms with E-state index < -0.39 is 11.4 Å². The Labute approximate surface area is 311 Å². The molecule has 2 amide bonds. The molecule has 0 aromatic carbocycles. The van der Waals surface area contributed by atoms with Crippen molar-refractivity contribution in [2.45, 2.75) is 144 Å². The smallest absolute Gasteiger partial charge is 0.407 e. The molecule has 0 bridgehead atoms. The van der Waals surface area contributed by atoms with E-state index in [1.54, 1.807) is 12.4 Å². The molecule has 6 unspecified atom stereocenters. The van der Waals surface area contributed by atoms with Crippen LogP contribution < -0.4 is 10.6 Å². The molecule has 9 heteroatoms. The summed E-state index contributed by atoms with van der Waals surface area (Å²) in [5.74, 6) is 1.10. The average Bonchev–Trinajstić information content (AvgIpc) is 3.82. The molecule has 6 aliphatic carbocycles. The van der Waals surface area contributed by atoms with Crippen LogP contribution in [0.25, 0.3) is 0 Å². The van der Waals surface area contributed by atoms with Gasteiger partial charge in [0.05, 0.1) is 12.0 Å². The summed E-state index contributed by atoms with van der Waals surface area (Å²) in [6, 6.07) is 4.28. The summed E-state index contributed by atoms with van der Waals surface area (Å²) in [4.78, 5) is 42.9. The summed E-state index contributed by atoms with van der Waals surface area (Å²) < 4.78 is 12.0. The second-order valence-electron chi connectivity index (χ2n) is 19.5.